The lowest BCUT2D eigenvalue weighted by molar-refractivity contribution is 0.135. The lowest BCUT2D eigenvalue weighted by atomic mass is 10.1. The van der Waals surface area contributed by atoms with E-state index in [1.54, 1.807) is 12.1 Å². The fourth-order valence-corrected chi connectivity index (χ4v) is 2.52. The molecule has 0 atom stereocenters. The number of hydrogen-bond donors (Lipinski definition) is 2. The van der Waals surface area contributed by atoms with E-state index in [1.807, 2.05) is 0 Å². The summed E-state index contributed by atoms with van der Waals surface area (Å²) >= 11 is 4.93. The quantitative estimate of drug-likeness (QED) is 0.724. The predicted molar refractivity (Wildman–Crippen MR) is 84.2 cm³/mol. The maximum Gasteiger partial charge on any atom is 0.127 e. The van der Waals surface area contributed by atoms with E-state index in [1.165, 1.54) is 6.07 Å². The molecule has 0 saturated carbocycles. The van der Waals surface area contributed by atoms with Gasteiger partial charge in [-0.25, -0.2) is 4.39 Å². The average Bonchev–Trinajstić information content (AvgIpc) is 2.42. The molecule has 0 aromatic heterocycles. The Balaban J connectivity index is 2.97. The monoisotopic (exact) mass is 298 g/mol. The van der Waals surface area contributed by atoms with Crippen molar-refractivity contribution >= 4 is 17.2 Å². The second kappa shape index (κ2) is 8.29. The number of thiocarbonyl (C=S) groups is 1. The average molecular weight is 298 g/mol. The second-order valence-corrected chi connectivity index (χ2v) is 5.27. The summed E-state index contributed by atoms with van der Waals surface area (Å²) in [6, 6.07) is 5.02. The van der Waals surface area contributed by atoms with Gasteiger partial charge in [0.05, 0.1) is 6.61 Å². The summed E-state index contributed by atoms with van der Waals surface area (Å²) in [5, 5.41) is 9.19. The Morgan fingerprint density at radius 1 is 1.40 bits per heavy atom. The molecule has 20 heavy (non-hydrogen) atoms. The molecule has 3 nitrogen and oxygen atoms in total. The van der Waals surface area contributed by atoms with E-state index in [9.17, 15) is 9.50 Å². The van der Waals surface area contributed by atoms with E-state index in [0.29, 0.717) is 30.3 Å². The van der Waals surface area contributed by atoms with Crippen LogP contribution in [0.1, 0.15) is 37.8 Å². The molecule has 1 aromatic carbocycles. The van der Waals surface area contributed by atoms with Crippen molar-refractivity contribution < 1.29 is 9.50 Å². The molecular formula is C15H23FN2OS. The summed E-state index contributed by atoms with van der Waals surface area (Å²) in [6.07, 6.45) is 1.93. The largest absolute Gasteiger partial charge is 0.395 e. The number of hydrogen-bond acceptors (Lipinski definition) is 3. The Bertz CT molecular complexity index is 449. The first-order chi connectivity index (χ1) is 9.53. The van der Waals surface area contributed by atoms with E-state index >= 15 is 0 Å². The number of aliphatic hydroxyl groups excluding tert-OH is 1. The Morgan fingerprint density at radius 2 is 2.05 bits per heavy atom. The van der Waals surface area contributed by atoms with Crippen molar-refractivity contribution in [3.8, 4) is 0 Å². The van der Waals surface area contributed by atoms with Gasteiger partial charge in [0.2, 0.25) is 0 Å². The zero-order valence-electron chi connectivity index (χ0n) is 12.1. The summed E-state index contributed by atoms with van der Waals surface area (Å²) in [6.45, 7) is 5.24. The fraction of sp³-hybridized carbons (Fsp3) is 0.533. The van der Waals surface area contributed by atoms with Gasteiger partial charge in [-0.2, -0.15) is 0 Å². The lowest BCUT2D eigenvalue weighted by Gasteiger charge is -2.30. The summed E-state index contributed by atoms with van der Waals surface area (Å²) in [4.78, 5) is 2.37. The summed E-state index contributed by atoms with van der Waals surface area (Å²) in [7, 11) is 0. The number of nitrogens with two attached hydrogens (primary N) is 1. The van der Waals surface area contributed by atoms with Gasteiger partial charge in [0, 0.05) is 30.3 Å². The van der Waals surface area contributed by atoms with E-state index in [0.717, 1.165) is 12.8 Å². The molecule has 0 bridgehead atoms. The molecule has 0 unspecified atom stereocenters. The maximum absolute atomic E-state index is 13.9. The Morgan fingerprint density at radius 3 is 2.55 bits per heavy atom. The van der Waals surface area contributed by atoms with Crippen molar-refractivity contribution in [2.24, 2.45) is 5.73 Å². The molecule has 0 heterocycles. The third-order valence-electron chi connectivity index (χ3n) is 3.55. The van der Waals surface area contributed by atoms with Gasteiger partial charge < -0.3 is 10.8 Å². The van der Waals surface area contributed by atoms with Crippen LogP contribution in [-0.4, -0.2) is 34.2 Å². The highest BCUT2D eigenvalue weighted by Crippen LogP contribution is 2.17. The fourth-order valence-electron chi connectivity index (χ4n) is 2.39. The first-order valence-corrected chi connectivity index (χ1v) is 7.37. The van der Waals surface area contributed by atoms with E-state index in [2.05, 4.69) is 18.7 Å². The summed E-state index contributed by atoms with van der Waals surface area (Å²) < 4.78 is 13.9. The van der Waals surface area contributed by atoms with Gasteiger partial charge in [-0.1, -0.05) is 26.1 Å². The highest BCUT2D eigenvalue weighted by molar-refractivity contribution is 7.80. The van der Waals surface area contributed by atoms with Crippen LogP contribution < -0.4 is 5.73 Å². The Hall–Kier alpha value is -1.04. The van der Waals surface area contributed by atoms with Crippen LogP contribution in [-0.2, 0) is 6.54 Å². The number of benzene rings is 1. The molecule has 5 heteroatoms. The van der Waals surface area contributed by atoms with Gasteiger partial charge in [0.15, 0.2) is 0 Å². The van der Waals surface area contributed by atoms with Gasteiger partial charge >= 0.3 is 0 Å². The Kier molecular flexibility index (Phi) is 7.05. The van der Waals surface area contributed by atoms with Crippen molar-refractivity contribution in [1.29, 1.82) is 0 Å². The highest BCUT2D eigenvalue weighted by Gasteiger charge is 2.17. The summed E-state index contributed by atoms with van der Waals surface area (Å²) in [5.41, 5.74) is 6.83. The number of halogens is 1. The van der Waals surface area contributed by atoms with Crippen LogP contribution in [0.5, 0.6) is 0 Å². The molecule has 0 aliphatic heterocycles. The van der Waals surface area contributed by atoms with Crippen molar-refractivity contribution in [2.75, 3.05) is 13.2 Å². The van der Waals surface area contributed by atoms with Crippen LogP contribution in [0.15, 0.2) is 18.2 Å². The third-order valence-corrected chi connectivity index (χ3v) is 3.79. The normalized spacial score (nSPS) is 11.3. The molecule has 0 saturated heterocycles. The van der Waals surface area contributed by atoms with Gasteiger partial charge in [-0.05, 0) is 31.0 Å². The van der Waals surface area contributed by atoms with Gasteiger partial charge in [0.1, 0.15) is 10.8 Å². The molecule has 112 valence electrons. The van der Waals surface area contributed by atoms with Crippen molar-refractivity contribution in [2.45, 2.75) is 39.3 Å². The Labute approximate surface area is 125 Å². The third kappa shape index (κ3) is 4.51. The minimum atomic E-state index is -0.265. The molecule has 0 amide bonds. The SMILES string of the molecule is CCC(CC)N(CCO)Cc1cc(C(N)=S)ccc1F. The predicted octanol–water partition coefficient (Wildman–Crippen LogP) is 2.44. The van der Waals surface area contributed by atoms with E-state index in [4.69, 9.17) is 18.0 Å². The van der Waals surface area contributed by atoms with Crippen molar-refractivity contribution in [1.82, 2.24) is 4.90 Å². The number of aliphatic hydroxyl groups is 1. The van der Waals surface area contributed by atoms with Crippen LogP contribution in [0.25, 0.3) is 0 Å². The number of rotatable bonds is 8. The first kappa shape index (κ1) is 17.0. The molecule has 0 fully saturated rings. The smallest absolute Gasteiger partial charge is 0.127 e. The van der Waals surface area contributed by atoms with Gasteiger partial charge in [-0.3, -0.25) is 4.90 Å². The van der Waals surface area contributed by atoms with E-state index < -0.39 is 0 Å². The van der Waals surface area contributed by atoms with Crippen LogP contribution in [0, 0.1) is 5.82 Å². The maximum atomic E-state index is 13.9. The van der Waals surface area contributed by atoms with E-state index in [-0.39, 0.29) is 17.4 Å². The molecule has 1 rings (SSSR count). The molecule has 3 N–H and O–H groups in total. The van der Waals surface area contributed by atoms with Crippen LogP contribution in [0.2, 0.25) is 0 Å². The first-order valence-electron chi connectivity index (χ1n) is 6.96. The van der Waals surface area contributed by atoms with Crippen LogP contribution >= 0.6 is 12.2 Å². The lowest BCUT2D eigenvalue weighted by Crippen LogP contribution is -2.36. The zero-order valence-corrected chi connectivity index (χ0v) is 12.9. The van der Waals surface area contributed by atoms with Gasteiger partial charge in [-0.15, -0.1) is 0 Å². The van der Waals surface area contributed by atoms with Crippen LogP contribution in [0.4, 0.5) is 4.39 Å². The molecule has 0 spiro atoms. The minimum Gasteiger partial charge on any atom is -0.395 e. The topological polar surface area (TPSA) is 49.5 Å². The highest BCUT2D eigenvalue weighted by atomic mass is 32.1. The standard InChI is InChI=1S/C15H23FN2OS/c1-3-13(4-2)18(7-8-19)10-12-9-11(15(17)20)5-6-14(12)16/h5-6,9,13,19H,3-4,7-8,10H2,1-2H3,(H2,17,20). The van der Waals surface area contributed by atoms with Crippen LogP contribution in [0.3, 0.4) is 0 Å². The van der Waals surface area contributed by atoms with Gasteiger partial charge in [0.25, 0.3) is 0 Å². The van der Waals surface area contributed by atoms with Crippen molar-refractivity contribution in [3.63, 3.8) is 0 Å². The number of nitrogens with zero attached hydrogens (tertiary/aromatic N) is 1. The molecule has 0 aliphatic rings. The molecule has 0 aliphatic carbocycles. The molecular weight excluding hydrogens is 275 g/mol. The minimum absolute atomic E-state index is 0.0626. The zero-order chi connectivity index (χ0) is 15.1. The second-order valence-electron chi connectivity index (χ2n) is 4.83. The molecule has 1 aromatic rings. The summed E-state index contributed by atoms with van der Waals surface area (Å²) in [5.74, 6) is -0.265. The van der Waals surface area contributed by atoms with Crippen molar-refractivity contribution in [3.05, 3.63) is 35.1 Å². The molecule has 0 radical (unpaired) electrons.